The van der Waals surface area contributed by atoms with E-state index in [2.05, 4.69) is 5.32 Å². The van der Waals surface area contributed by atoms with Crippen molar-refractivity contribution in [2.75, 3.05) is 23.7 Å². The van der Waals surface area contributed by atoms with Crippen LogP contribution in [0.1, 0.15) is 44.2 Å². The molecule has 0 saturated carbocycles. The molecule has 8 heteroatoms. The first-order chi connectivity index (χ1) is 15.6. The molecule has 0 aliphatic rings. The zero-order chi connectivity index (χ0) is 24.4. The number of nitrogens with zero attached hydrogens (tertiary/aromatic N) is 2. The topological polar surface area (TPSA) is 86.8 Å². The van der Waals surface area contributed by atoms with E-state index in [9.17, 15) is 18.0 Å². The van der Waals surface area contributed by atoms with E-state index >= 15 is 0 Å². The Morgan fingerprint density at radius 1 is 1.06 bits per heavy atom. The molecular formula is C25H35N3O4S. The van der Waals surface area contributed by atoms with Gasteiger partial charge >= 0.3 is 0 Å². The molecule has 180 valence electrons. The van der Waals surface area contributed by atoms with E-state index < -0.39 is 16.1 Å². The number of nitrogens with one attached hydrogen (secondary N) is 1. The number of hydrogen-bond acceptors (Lipinski definition) is 4. The molecule has 2 aromatic carbocycles. The van der Waals surface area contributed by atoms with Gasteiger partial charge in [-0.1, -0.05) is 55.0 Å². The maximum absolute atomic E-state index is 13.2. The van der Waals surface area contributed by atoms with Crippen LogP contribution in [0, 0.1) is 6.92 Å². The van der Waals surface area contributed by atoms with Crippen LogP contribution in [0.15, 0.2) is 54.6 Å². The Bertz CT molecular complexity index is 1020. The fourth-order valence-corrected chi connectivity index (χ4v) is 4.55. The van der Waals surface area contributed by atoms with Crippen LogP contribution in [-0.4, -0.2) is 50.5 Å². The van der Waals surface area contributed by atoms with Crippen molar-refractivity contribution in [1.82, 2.24) is 10.2 Å². The van der Waals surface area contributed by atoms with Gasteiger partial charge in [-0.05, 0) is 44.4 Å². The van der Waals surface area contributed by atoms with Gasteiger partial charge in [-0.25, -0.2) is 8.42 Å². The van der Waals surface area contributed by atoms with Crippen molar-refractivity contribution in [3.63, 3.8) is 0 Å². The summed E-state index contributed by atoms with van der Waals surface area (Å²) >= 11 is 0. The van der Waals surface area contributed by atoms with Gasteiger partial charge in [0.05, 0.1) is 11.9 Å². The smallest absolute Gasteiger partial charge is 0.242 e. The number of rotatable bonds is 12. The van der Waals surface area contributed by atoms with E-state index in [0.29, 0.717) is 25.2 Å². The minimum atomic E-state index is -3.49. The van der Waals surface area contributed by atoms with Gasteiger partial charge in [0.1, 0.15) is 6.04 Å². The predicted molar refractivity (Wildman–Crippen MR) is 132 cm³/mol. The highest BCUT2D eigenvalue weighted by atomic mass is 32.2. The van der Waals surface area contributed by atoms with Crippen LogP contribution in [0.3, 0.4) is 0 Å². The number of sulfonamides is 1. The van der Waals surface area contributed by atoms with Crippen LogP contribution in [0.25, 0.3) is 0 Å². The van der Waals surface area contributed by atoms with Crippen LogP contribution in [0.4, 0.5) is 5.69 Å². The highest BCUT2D eigenvalue weighted by Crippen LogP contribution is 2.19. The third kappa shape index (κ3) is 8.20. The Kier molecular flexibility index (Phi) is 9.91. The quantitative estimate of drug-likeness (QED) is 0.511. The highest BCUT2D eigenvalue weighted by molar-refractivity contribution is 7.92. The van der Waals surface area contributed by atoms with Gasteiger partial charge in [0.15, 0.2) is 0 Å². The fourth-order valence-electron chi connectivity index (χ4n) is 3.58. The van der Waals surface area contributed by atoms with Crippen LogP contribution in [0.2, 0.25) is 0 Å². The number of carbonyl (C=O) groups excluding carboxylic acids is 2. The number of carbonyl (C=O) groups is 2. The molecule has 2 amide bonds. The monoisotopic (exact) mass is 473 g/mol. The molecule has 2 rings (SSSR count). The van der Waals surface area contributed by atoms with Gasteiger partial charge in [0, 0.05) is 26.1 Å². The predicted octanol–water partition coefficient (Wildman–Crippen LogP) is 3.48. The minimum Gasteiger partial charge on any atom is -0.354 e. The van der Waals surface area contributed by atoms with Crippen molar-refractivity contribution >= 4 is 27.5 Å². The molecule has 0 aliphatic carbocycles. The Morgan fingerprint density at radius 3 is 2.36 bits per heavy atom. The minimum absolute atomic E-state index is 0.135. The summed E-state index contributed by atoms with van der Waals surface area (Å²) in [6.07, 6.45) is 2.45. The van der Waals surface area contributed by atoms with Gasteiger partial charge in [0.25, 0.3) is 0 Å². The molecular weight excluding hydrogens is 438 g/mol. The van der Waals surface area contributed by atoms with Crippen molar-refractivity contribution in [2.45, 2.75) is 52.6 Å². The lowest BCUT2D eigenvalue weighted by Crippen LogP contribution is -2.47. The summed E-state index contributed by atoms with van der Waals surface area (Å²) in [7, 11) is -3.49. The van der Waals surface area contributed by atoms with Crippen LogP contribution in [0.5, 0.6) is 0 Å². The molecule has 0 aromatic heterocycles. The van der Waals surface area contributed by atoms with Crippen molar-refractivity contribution in [2.24, 2.45) is 0 Å². The van der Waals surface area contributed by atoms with Gasteiger partial charge < -0.3 is 10.2 Å². The number of para-hydroxylation sites is 1. The largest absolute Gasteiger partial charge is 0.354 e. The molecule has 1 unspecified atom stereocenters. The fraction of sp³-hybridized carbons (Fsp3) is 0.440. The maximum atomic E-state index is 13.2. The molecule has 0 heterocycles. The summed E-state index contributed by atoms with van der Waals surface area (Å²) in [5, 5.41) is 2.86. The van der Waals surface area contributed by atoms with Crippen LogP contribution < -0.4 is 9.62 Å². The van der Waals surface area contributed by atoms with Gasteiger partial charge in [-0.3, -0.25) is 13.9 Å². The van der Waals surface area contributed by atoms with Crippen molar-refractivity contribution in [3.05, 3.63) is 65.7 Å². The lowest BCUT2D eigenvalue weighted by atomic mass is 10.1. The summed E-state index contributed by atoms with van der Waals surface area (Å²) in [5.74, 6) is -0.378. The van der Waals surface area contributed by atoms with Crippen molar-refractivity contribution in [1.29, 1.82) is 0 Å². The molecule has 0 radical (unpaired) electrons. The second-order valence-corrected chi connectivity index (χ2v) is 10.2. The summed E-state index contributed by atoms with van der Waals surface area (Å²) in [6.45, 7) is 6.73. The molecule has 0 aliphatic heterocycles. The Hall–Kier alpha value is -2.87. The van der Waals surface area contributed by atoms with Crippen LogP contribution >= 0.6 is 0 Å². The lowest BCUT2D eigenvalue weighted by molar-refractivity contribution is -0.140. The average molecular weight is 474 g/mol. The first-order valence-electron chi connectivity index (χ1n) is 11.3. The SMILES string of the molecule is CCCNC(=O)C(C)N(Cc1cccc(C)c1)C(=O)CCCN(c1ccccc1)S(C)(=O)=O. The van der Waals surface area contributed by atoms with E-state index in [0.717, 1.165) is 23.8 Å². The zero-order valence-electron chi connectivity index (χ0n) is 20.0. The summed E-state index contributed by atoms with van der Waals surface area (Å²) in [4.78, 5) is 27.4. The number of aryl methyl sites for hydroxylation is 1. The standard InChI is InChI=1S/C25H35N3O4S/c1-5-16-26-25(30)21(3)27(19-22-12-9-11-20(2)18-22)24(29)15-10-17-28(33(4,31)32)23-13-7-6-8-14-23/h6-9,11-14,18,21H,5,10,15-17,19H2,1-4H3,(H,26,30). The third-order valence-corrected chi connectivity index (χ3v) is 6.54. The van der Waals surface area contributed by atoms with Gasteiger partial charge in [0.2, 0.25) is 21.8 Å². The summed E-state index contributed by atoms with van der Waals surface area (Å²) in [6, 6.07) is 16.0. The van der Waals surface area contributed by atoms with E-state index in [1.807, 2.05) is 44.2 Å². The number of anilines is 1. The van der Waals surface area contributed by atoms with Crippen molar-refractivity contribution in [3.8, 4) is 0 Å². The molecule has 0 fully saturated rings. The molecule has 0 bridgehead atoms. The molecule has 1 N–H and O–H groups in total. The maximum Gasteiger partial charge on any atom is 0.242 e. The van der Waals surface area contributed by atoms with E-state index in [4.69, 9.17) is 0 Å². The Morgan fingerprint density at radius 2 is 1.76 bits per heavy atom. The highest BCUT2D eigenvalue weighted by Gasteiger charge is 2.26. The summed E-state index contributed by atoms with van der Waals surface area (Å²) < 4.78 is 25.9. The molecule has 0 saturated heterocycles. The van der Waals surface area contributed by atoms with Gasteiger partial charge in [-0.2, -0.15) is 0 Å². The first kappa shape index (κ1) is 26.4. The third-order valence-electron chi connectivity index (χ3n) is 5.35. The normalized spacial score (nSPS) is 12.1. The number of benzene rings is 2. The Labute approximate surface area is 197 Å². The van der Waals surface area contributed by atoms with E-state index in [1.165, 1.54) is 4.31 Å². The van der Waals surface area contributed by atoms with E-state index in [1.54, 1.807) is 36.1 Å². The molecule has 7 nitrogen and oxygen atoms in total. The summed E-state index contributed by atoms with van der Waals surface area (Å²) in [5.41, 5.74) is 2.59. The second kappa shape index (κ2) is 12.4. The molecule has 0 spiro atoms. The zero-order valence-corrected chi connectivity index (χ0v) is 20.8. The van der Waals surface area contributed by atoms with E-state index in [-0.39, 0.29) is 24.8 Å². The average Bonchev–Trinajstić information content (AvgIpc) is 2.77. The Balaban J connectivity index is 2.13. The molecule has 33 heavy (non-hydrogen) atoms. The number of amides is 2. The molecule has 2 aromatic rings. The van der Waals surface area contributed by atoms with Crippen molar-refractivity contribution < 1.29 is 18.0 Å². The van der Waals surface area contributed by atoms with Crippen LogP contribution in [-0.2, 0) is 26.2 Å². The van der Waals surface area contributed by atoms with Gasteiger partial charge in [-0.15, -0.1) is 0 Å². The lowest BCUT2D eigenvalue weighted by Gasteiger charge is -2.29. The first-order valence-corrected chi connectivity index (χ1v) is 13.1. The number of hydrogen-bond donors (Lipinski definition) is 1. The molecule has 1 atom stereocenters. The second-order valence-electron chi connectivity index (χ2n) is 8.25.